The first-order valence-corrected chi connectivity index (χ1v) is 6.97. The van der Waals surface area contributed by atoms with Crippen LogP contribution < -0.4 is 5.73 Å². The van der Waals surface area contributed by atoms with Gasteiger partial charge in [0.15, 0.2) is 0 Å². The van der Waals surface area contributed by atoms with Crippen LogP contribution in [0.4, 0.5) is 5.69 Å². The van der Waals surface area contributed by atoms with Gasteiger partial charge in [-0.25, -0.2) is 0 Å². The van der Waals surface area contributed by atoms with Gasteiger partial charge in [0.2, 0.25) is 0 Å². The third-order valence-corrected chi connectivity index (χ3v) is 4.00. The van der Waals surface area contributed by atoms with Gasteiger partial charge in [-0.3, -0.25) is 4.90 Å². The molecule has 3 N–H and O–H groups in total. The average Bonchev–Trinajstić information content (AvgIpc) is 2.37. The Morgan fingerprint density at radius 1 is 1.39 bits per heavy atom. The monoisotopic (exact) mass is 268 g/mol. The van der Waals surface area contributed by atoms with Gasteiger partial charge in [0, 0.05) is 19.2 Å². The van der Waals surface area contributed by atoms with Crippen LogP contribution in [0.5, 0.6) is 0 Å². The van der Waals surface area contributed by atoms with Gasteiger partial charge in [-0.15, -0.1) is 0 Å². The van der Waals surface area contributed by atoms with Gasteiger partial charge in [0.05, 0.1) is 10.7 Å². The van der Waals surface area contributed by atoms with Crippen molar-refractivity contribution < 1.29 is 5.11 Å². The smallest absolute Gasteiger partial charge is 0.0635 e. The number of hydrogen-bond donors (Lipinski definition) is 2. The zero-order valence-corrected chi connectivity index (χ0v) is 11.4. The molecule has 3 nitrogen and oxygen atoms in total. The number of benzene rings is 1. The summed E-state index contributed by atoms with van der Waals surface area (Å²) in [6.45, 7) is 2.27. The molecule has 1 aliphatic rings. The van der Waals surface area contributed by atoms with Crippen LogP contribution in [0.25, 0.3) is 0 Å². The summed E-state index contributed by atoms with van der Waals surface area (Å²) in [6, 6.07) is 6.34. The molecule has 1 unspecified atom stereocenters. The van der Waals surface area contributed by atoms with E-state index in [0.717, 1.165) is 19.5 Å². The number of nitrogens with zero attached hydrogens (tertiary/aromatic N) is 1. The number of hydrogen-bond acceptors (Lipinski definition) is 3. The van der Waals surface area contributed by atoms with Crippen molar-refractivity contribution in [1.29, 1.82) is 0 Å². The van der Waals surface area contributed by atoms with E-state index in [0.29, 0.717) is 16.8 Å². The van der Waals surface area contributed by atoms with Crippen LogP contribution in [0.15, 0.2) is 18.2 Å². The second kappa shape index (κ2) is 6.41. The van der Waals surface area contributed by atoms with Crippen LogP contribution in [-0.4, -0.2) is 29.2 Å². The SMILES string of the molecule is Nc1cc(CN2CCCCC2CCO)ccc1Cl. The number of rotatable bonds is 4. The van der Waals surface area contributed by atoms with Crippen LogP contribution in [0, 0.1) is 0 Å². The van der Waals surface area contributed by atoms with E-state index in [-0.39, 0.29) is 6.61 Å². The second-order valence-electron chi connectivity index (χ2n) is 4.99. The Morgan fingerprint density at radius 3 is 2.94 bits per heavy atom. The molecule has 1 fully saturated rings. The highest BCUT2D eigenvalue weighted by Gasteiger charge is 2.21. The first-order chi connectivity index (χ1) is 8.70. The van der Waals surface area contributed by atoms with Crippen molar-refractivity contribution in [3.63, 3.8) is 0 Å². The fourth-order valence-corrected chi connectivity index (χ4v) is 2.79. The molecule has 1 aromatic rings. The Labute approximate surface area is 114 Å². The number of halogens is 1. The highest BCUT2D eigenvalue weighted by molar-refractivity contribution is 6.33. The average molecular weight is 269 g/mol. The van der Waals surface area contributed by atoms with Crippen molar-refractivity contribution in [2.45, 2.75) is 38.3 Å². The molecular formula is C14H21ClN2O. The molecule has 100 valence electrons. The quantitative estimate of drug-likeness (QED) is 0.826. The number of aliphatic hydroxyl groups excluding tert-OH is 1. The Morgan fingerprint density at radius 2 is 2.22 bits per heavy atom. The highest BCUT2D eigenvalue weighted by atomic mass is 35.5. The van der Waals surface area contributed by atoms with E-state index < -0.39 is 0 Å². The Hall–Kier alpha value is -0.770. The second-order valence-corrected chi connectivity index (χ2v) is 5.40. The molecule has 2 rings (SSSR count). The van der Waals surface area contributed by atoms with E-state index in [4.69, 9.17) is 22.4 Å². The molecule has 1 aliphatic heterocycles. The first kappa shape index (κ1) is 13.7. The van der Waals surface area contributed by atoms with E-state index in [1.165, 1.54) is 24.8 Å². The lowest BCUT2D eigenvalue weighted by Crippen LogP contribution is -2.39. The first-order valence-electron chi connectivity index (χ1n) is 6.59. The fourth-order valence-electron chi connectivity index (χ4n) is 2.67. The zero-order valence-electron chi connectivity index (χ0n) is 10.6. The molecule has 18 heavy (non-hydrogen) atoms. The summed E-state index contributed by atoms with van der Waals surface area (Å²) in [7, 11) is 0. The molecule has 1 aromatic carbocycles. The maximum atomic E-state index is 9.12. The van der Waals surface area contributed by atoms with Gasteiger partial charge in [-0.2, -0.15) is 0 Å². The van der Waals surface area contributed by atoms with Crippen LogP contribution in [0.3, 0.4) is 0 Å². The summed E-state index contributed by atoms with van der Waals surface area (Å²) in [5.41, 5.74) is 7.67. The highest BCUT2D eigenvalue weighted by Crippen LogP contribution is 2.24. The number of nitrogens with two attached hydrogens (primary N) is 1. The van der Waals surface area contributed by atoms with Gasteiger partial charge >= 0.3 is 0 Å². The van der Waals surface area contributed by atoms with Crippen LogP contribution >= 0.6 is 11.6 Å². The molecule has 0 radical (unpaired) electrons. The summed E-state index contributed by atoms with van der Waals surface area (Å²) >= 11 is 5.93. The van der Waals surface area contributed by atoms with Crippen molar-refractivity contribution in [2.24, 2.45) is 0 Å². The molecule has 0 spiro atoms. The molecule has 0 amide bonds. The molecule has 1 saturated heterocycles. The Balaban J connectivity index is 2.03. The largest absolute Gasteiger partial charge is 0.398 e. The fraction of sp³-hybridized carbons (Fsp3) is 0.571. The predicted octanol–water partition coefficient (Wildman–Crippen LogP) is 2.66. The number of aliphatic hydroxyl groups is 1. The van der Waals surface area contributed by atoms with E-state index >= 15 is 0 Å². The zero-order chi connectivity index (χ0) is 13.0. The van der Waals surface area contributed by atoms with Gasteiger partial charge in [-0.05, 0) is 43.5 Å². The topological polar surface area (TPSA) is 49.5 Å². The van der Waals surface area contributed by atoms with Gasteiger partial charge in [0.1, 0.15) is 0 Å². The van der Waals surface area contributed by atoms with Crippen molar-refractivity contribution >= 4 is 17.3 Å². The molecule has 1 atom stereocenters. The third-order valence-electron chi connectivity index (χ3n) is 3.66. The minimum absolute atomic E-state index is 0.268. The summed E-state index contributed by atoms with van der Waals surface area (Å²) in [6.07, 6.45) is 4.56. The van der Waals surface area contributed by atoms with Gasteiger partial charge < -0.3 is 10.8 Å². The standard InChI is InChI=1S/C14H21ClN2O/c15-13-5-4-11(9-14(13)16)10-17-7-2-1-3-12(17)6-8-18/h4-5,9,12,18H,1-3,6-8,10,16H2. The Kier molecular flexibility index (Phi) is 4.87. The number of likely N-dealkylation sites (tertiary alicyclic amines) is 1. The number of nitrogen functional groups attached to an aromatic ring is 1. The lowest BCUT2D eigenvalue weighted by molar-refractivity contribution is 0.112. The van der Waals surface area contributed by atoms with E-state index in [1.807, 2.05) is 18.2 Å². The van der Waals surface area contributed by atoms with Crippen LogP contribution in [-0.2, 0) is 6.54 Å². The summed E-state index contributed by atoms with van der Waals surface area (Å²) < 4.78 is 0. The van der Waals surface area contributed by atoms with Gasteiger partial charge in [-0.1, -0.05) is 24.1 Å². The molecule has 4 heteroatoms. The lowest BCUT2D eigenvalue weighted by atomic mass is 9.99. The normalized spacial score (nSPS) is 21.1. The molecular weight excluding hydrogens is 248 g/mol. The van der Waals surface area contributed by atoms with Crippen LogP contribution in [0.1, 0.15) is 31.2 Å². The van der Waals surface area contributed by atoms with Crippen LogP contribution in [0.2, 0.25) is 5.02 Å². The summed E-state index contributed by atoms with van der Waals surface area (Å²) in [4.78, 5) is 2.45. The van der Waals surface area contributed by atoms with Crippen molar-refractivity contribution in [1.82, 2.24) is 4.90 Å². The van der Waals surface area contributed by atoms with E-state index in [2.05, 4.69) is 4.90 Å². The molecule has 0 bridgehead atoms. The maximum absolute atomic E-state index is 9.12. The van der Waals surface area contributed by atoms with Gasteiger partial charge in [0.25, 0.3) is 0 Å². The minimum atomic E-state index is 0.268. The maximum Gasteiger partial charge on any atom is 0.0635 e. The lowest BCUT2D eigenvalue weighted by Gasteiger charge is -2.35. The predicted molar refractivity (Wildman–Crippen MR) is 75.6 cm³/mol. The minimum Gasteiger partial charge on any atom is -0.398 e. The van der Waals surface area contributed by atoms with Crippen molar-refractivity contribution in [3.8, 4) is 0 Å². The van der Waals surface area contributed by atoms with E-state index in [9.17, 15) is 0 Å². The summed E-state index contributed by atoms with van der Waals surface area (Å²) in [5.74, 6) is 0. The molecule has 0 aliphatic carbocycles. The Bertz CT molecular complexity index is 395. The van der Waals surface area contributed by atoms with Crippen molar-refractivity contribution in [3.05, 3.63) is 28.8 Å². The molecule has 0 saturated carbocycles. The molecule has 0 aromatic heterocycles. The van der Waals surface area contributed by atoms with E-state index in [1.54, 1.807) is 0 Å². The third kappa shape index (κ3) is 3.37. The number of anilines is 1. The van der Waals surface area contributed by atoms with Crippen molar-refractivity contribution in [2.75, 3.05) is 18.9 Å². The number of piperidine rings is 1. The molecule has 1 heterocycles. The summed E-state index contributed by atoms with van der Waals surface area (Å²) in [5, 5.41) is 9.73.